The molecular formula is C11H21FN2O6. The van der Waals surface area contributed by atoms with Crippen molar-refractivity contribution in [3.05, 3.63) is 0 Å². The molecule has 1 aliphatic rings. The molecule has 0 aliphatic carbocycles. The van der Waals surface area contributed by atoms with Crippen LogP contribution in [-0.2, 0) is 14.3 Å². The highest BCUT2D eigenvalue weighted by Gasteiger charge is 2.60. The lowest BCUT2D eigenvalue weighted by Gasteiger charge is -2.33. The lowest BCUT2D eigenvalue weighted by atomic mass is 10.1. The molecule has 0 aromatic carbocycles. The van der Waals surface area contributed by atoms with Crippen molar-refractivity contribution in [2.45, 2.75) is 36.9 Å². The van der Waals surface area contributed by atoms with E-state index >= 15 is 0 Å². The van der Waals surface area contributed by atoms with Crippen LogP contribution in [0.5, 0.6) is 0 Å². The van der Waals surface area contributed by atoms with E-state index in [-0.39, 0.29) is 13.0 Å². The number of aliphatic hydroxyl groups is 3. The Hall–Kier alpha value is -0.840. The molecule has 0 saturated carbocycles. The summed E-state index contributed by atoms with van der Waals surface area (Å²) in [6.45, 7) is -0.630. The van der Waals surface area contributed by atoms with Gasteiger partial charge in [0.2, 0.25) is 6.41 Å². The molecule has 0 radical (unpaired) electrons. The summed E-state index contributed by atoms with van der Waals surface area (Å²) in [4.78, 5) is 12.0. The van der Waals surface area contributed by atoms with Crippen LogP contribution in [0.15, 0.2) is 0 Å². The number of nitrogens with zero attached hydrogens (tertiary/aromatic N) is 1. The number of rotatable bonds is 8. The first-order valence-corrected chi connectivity index (χ1v) is 6.19. The minimum Gasteiger partial charge on any atom is -0.394 e. The summed E-state index contributed by atoms with van der Waals surface area (Å²) in [6.07, 6.45) is -4.81. The van der Waals surface area contributed by atoms with Crippen LogP contribution >= 0.6 is 0 Å². The average molecular weight is 296 g/mol. The van der Waals surface area contributed by atoms with Crippen LogP contribution in [0, 0.1) is 0 Å². The van der Waals surface area contributed by atoms with Crippen LogP contribution in [0.4, 0.5) is 4.39 Å². The Labute approximate surface area is 116 Å². The van der Waals surface area contributed by atoms with E-state index in [2.05, 4.69) is 10.1 Å². The molecule has 0 aromatic heterocycles. The molecule has 1 saturated heterocycles. The van der Waals surface area contributed by atoms with E-state index in [4.69, 9.17) is 9.84 Å². The Morgan fingerprint density at radius 3 is 2.75 bits per heavy atom. The van der Waals surface area contributed by atoms with Crippen LogP contribution in [0.2, 0.25) is 0 Å². The van der Waals surface area contributed by atoms with Crippen molar-refractivity contribution >= 4 is 6.41 Å². The molecule has 0 aromatic rings. The fourth-order valence-electron chi connectivity index (χ4n) is 2.04. The number of methoxy groups -OCH3 is 1. The topological polar surface area (TPSA) is 111 Å². The lowest BCUT2D eigenvalue weighted by Crippen LogP contribution is -2.53. The zero-order valence-electron chi connectivity index (χ0n) is 11.4. The average Bonchev–Trinajstić information content (AvgIpc) is 2.72. The van der Waals surface area contributed by atoms with E-state index in [1.54, 1.807) is 0 Å². The highest BCUT2D eigenvalue weighted by atomic mass is 19.2. The van der Waals surface area contributed by atoms with Crippen LogP contribution < -0.4 is 5.32 Å². The third-order valence-electron chi connectivity index (χ3n) is 3.32. The van der Waals surface area contributed by atoms with Crippen molar-refractivity contribution in [2.24, 2.45) is 0 Å². The van der Waals surface area contributed by atoms with E-state index < -0.39 is 37.1 Å². The molecule has 1 amide bonds. The second kappa shape index (κ2) is 7.25. The summed E-state index contributed by atoms with van der Waals surface area (Å²) in [6, 6.07) is 0. The van der Waals surface area contributed by atoms with Gasteiger partial charge >= 0.3 is 0 Å². The van der Waals surface area contributed by atoms with Crippen LogP contribution in [0.3, 0.4) is 0 Å². The maximum absolute atomic E-state index is 14.6. The minimum absolute atomic E-state index is 0.0178. The van der Waals surface area contributed by atoms with Gasteiger partial charge in [-0.2, -0.15) is 0 Å². The van der Waals surface area contributed by atoms with Gasteiger partial charge in [-0.15, -0.1) is 0 Å². The Kier molecular flexibility index (Phi) is 6.24. The summed E-state index contributed by atoms with van der Waals surface area (Å²) >= 11 is 0. The molecule has 1 rings (SSSR count). The summed E-state index contributed by atoms with van der Waals surface area (Å²) in [5, 5.41) is 30.7. The van der Waals surface area contributed by atoms with Gasteiger partial charge in [-0.25, -0.2) is 4.39 Å². The third-order valence-corrected chi connectivity index (χ3v) is 3.32. The molecule has 1 fully saturated rings. The first-order chi connectivity index (χ1) is 9.44. The third kappa shape index (κ3) is 3.25. The number of nitrogens with one attached hydrogen (secondary N) is 1. The fraction of sp³-hybridized carbons (Fsp3) is 0.909. The highest BCUT2D eigenvalue weighted by molar-refractivity contribution is 5.48. The summed E-state index contributed by atoms with van der Waals surface area (Å²) in [7, 11) is 2.56. The minimum atomic E-state index is -2.64. The molecule has 1 heterocycles. The van der Waals surface area contributed by atoms with E-state index in [1.165, 1.54) is 7.05 Å². The van der Waals surface area contributed by atoms with Gasteiger partial charge in [0.15, 0.2) is 6.23 Å². The molecule has 20 heavy (non-hydrogen) atoms. The molecular weight excluding hydrogens is 275 g/mol. The summed E-state index contributed by atoms with van der Waals surface area (Å²) in [5.74, 6) is -2.64. The van der Waals surface area contributed by atoms with Crippen LogP contribution in [0.25, 0.3) is 0 Å². The molecule has 8 nitrogen and oxygen atoms in total. The first kappa shape index (κ1) is 17.2. The normalized spacial score (nSPS) is 35.0. The van der Waals surface area contributed by atoms with Crippen LogP contribution in [-0.4, -0.2) is 84.5 Å². The van der Waals surface area contributed by atoms with Crippen molar-refractivity contribution in [3.8, 4) is 0 Å². The smallest absolute Gasteiger partial charge is 0.283 e. The van der Waals surface area contributed by atoms with Crippen LogP contribution in [0.1, 0.15) is 6.42 Å². The van der Waals surface area contributed by atoms with Gasteiger partial charge in [-0.05, 0) is 7.05 Å². The van der Waals surface area contributed by atoms with E-state index in [0.717, 1.165) is 12.0 Å². The van der Waals surface area contributed by atoms with E-state index in [0.29, 0.717) is 6.41 Å². The Morgan fingerprint density at radius 2 is 2.30 bits per heavy atom. The summed E-state index contributed by atoms with van der Waals surface area (Å²) < 4.78 is 24.4. The number of carbonyl (C=O) groups is 1. The number of ether oxygens (including phenoxy) is 2. The second-order valence-corrected chi connectivity index (χ2v) is 4.49. The maximum Gasteiger partial charge on any atom is 0.283 e. The standard InChI is InChI=1S/C11H21FN2O6/c1-13-8(17)3-4-14(6-16)10-11(12,19-2)9(18)7(5-15)20-10/h6-10,13,15,17-18H,3-5H2,1-2H3/t7-,8?,9-,10?,11-/m1/s1. The number of alkyl halides is 1. The molecule has 4 N–H and O–H groups in total. The first-order valence-electron chi connectivity index (χ1n) is 6.19. The van der Waals surface area contributed by atoms with Gasteiger partial charge in [0.05, 0.1) is 6.61 Å². The predicted octanol–water partition coefficient (Wildman–Crippen LogP) is -2.24. The predicted molar refractivity (Wildman–Crippen MR) is 65.1 cm³/mol. The van der Waals surface area contributed by atoms with E-state index in [1.807, 2.05) is 0 Å². The zero-order chi connectivity index (χ0) is 15.3. The highest BCUT2D eigenvalue weighted by Crippen LogP contribution is 2.36. The number of hydrogen-bond donors (Lipinski definition) is 4. The molecule has 0 bridgehead atoms. The Bertz CT molecular complexity index is 323. The van der Waals surface area contributed by atoms with E-state index in [9.17, 15) is 19.4 Å². The van der Waals surface area contributed by atoms with Crippen molar-refractivity contribution in [3.63, 3.8) is 0 Å². The van der Waals surface area contributed by atoms with Gasteiger partial charge in [-0.3, -0.25) is 10.1 Å². The van der Waals surface area contributed by atoms with Gasteiger partial charge in [0.25, 0.3) is 5.85 Å². The number of amides is 1. The fourth-order valence-corrected chi connectivity index (χ4v) is 2.04. The second-order valence-electron chi connectivity index (χ2n) is 4.49. The van der Waals surface area contributed by atoms with Crippen molar-refractivity contribution in [1.82, 2.24) is 10.2 Å². The molecule has 118 valence electrons. The van der Waals surface area contributed by atoms with Gasteiger partial charge in [0, 0.05) is 20.1 Å². The SMILES string of the molecule is CNC(O)CCN(C=O)C1O[C@H](CO)[C@@H](O)[C@@]1(F)OC. The van der Waals surface area contributed by atoms with Gasteiger partial charge in [0.1, 0.15) is 18.4 Å². The zero-order valence-corrected chi connectivity index (χ0v) is 11.4. The van der Waals surface area contributed by atoms with Crippen molar-refractivity contribution in [2.75, 3.05) is 27.3 Å². The number of hydrogen-bond acceptors (Lipinski definition) is 7. The molecule has 9 heteroatoms. The van der Waals surface area contributed by atoms with Crippen molar-refractivity contribution < 1.29 is 34.0 Å². The number of carbonyl (C=O) groups excluding carboxylic acids is 1. The maximum atomic E-state index is 14.6. The number of aliphatic hydroxyl groups excluding tert-OH is 3. The number of halogens is 1. The largest absolute Gasteiger partial charge is 0.394 e. The van der Waals surface area contributed by atoms with Crippen molar-refractivity contribution in [1.29, 1.82) is 0 Å². The monoisotopic (exact) mass is 296 g/mol. The Morgan fingerprint density at radius 1 is 1.65 bits per heavy atom. The lowest BCUT2D eigenvalue weighted by molar-refractivity contribution is -0.227. The molecule has 1 aliphatic heterocycles. The van der Waals surface area contributed by atoms with Gasteiger partial charge < -0.3 is 29.7 Å². The molecule has 2 unspecified atom stereocenters. The van der Waals surface area contributed by atoms with Gasteiger partial charge in [-0.1, -0.05) is 0 Å². The Balaban J connectivity index is 2.81. The molecule has 0 spiro atoms. The molecule has 5 atom stereocenters. The summed E-state index contributed by atoms with van der Waals surface area (Å²) in [5.41, 5.74) is 0. The quantitative estimate of drug-likeness (QED) is 0.296.